The van der Waals surface area contributed by atoms with Crippen LogP contribution in [0.3, 0.4) is 0 Å². The predicted molar refractivity (Wildman–Crippen MR) is 77.2 cm³/mol. The lowest BCUT2D eigenvalue weighted by Gasteiger charge is -2.21. The molecular weight excluding hydrogens is 243 g/mol. The van der Waals surface area contributed by atoms with Crippen molar-refractivity contribution in [3.05, 3.63) is 17.9 Å². The first kappa shape index (κ1) is 14.0. The van der Waals surface area contributed by atoms with Crippen LogP contribution in [-0.2, 0) is 0 Å². The van der Waals surface area contributed by atoms with Crippen molar-refractivity contribution in [2.75, 3.05) is 30.3 Å². The number of anilines is 2. The van der Waals surface area contributed by atoms with Crippen molar-refractivity contribution in [1.82, 2.24) is 0 Å². The quantitative estimate of drug-likeness (QED) is 0.830. The van der Waals surface area contributed by atoms with Crippen LogP contribution in [0.5, 0.6) is 5.75 Å². The topological polar surface area (TPSA) is 38.5 Å². The number of nitrogens with two attached hydrogens (primary N) is 1. The molecule has 1 unspecified atom stereocenters. The molecule has 0 aromatic heterocycles. The Kier molecular flexibility index (Phi) is 4.51. The lowest BCUT2D eigenvalue weighted by molar-refractivity contribution is 0.322. The third-order valence-corrected chi connectivity index (χ3v) is 3.70. The van der Waals surface area contributed by atoms with Crippen LogP contribution in [0, 0.1) is 11.7 Å². The van der Waals surface area contributed by atoms with E-state index < -0.39 is 0 Å². The number of benzene rings is 1. The van der Waals surface area contributed by atoms with Gasteiger partial charge in [0, 0.05) is 25.2 Å². The first-order chi connectivity index (χ1) is 9.15. The number of hydrogen-bond acceptors (Lipinski definition) is 3. The van der Waals surface area contributed by atoms with Gasteiger partial charge in [0.05, 0.1) is 18.0 Å². The summed E-state index contributed by atoms with van der Waals surface area (Å²) < 4.78 is 19.0. The maximum atomic E-state index is 13.7. The van der Waals surface area contributed by atoms with Crippen LogP contribution >= 0.6 is 0 Å². The molecule has 0 bridgehead atoms. The second-order valence-electron chi connectivity index (χ2n) is 5.16. The summed E-state index contributed by atoms with van der Waals surface area (Å²) >= 11 is 0. The lowest BCUT2D eigenvalue weighted by Crippen LogP contribution is -2.21. The van der Waals surface area contributed by atoms with Crippen LogP contribution in [0.1, 0.15) is 33.1 Å². The normalized spacial score (nSPS) is 18.9. The number of hydrogen-bond donors (Lipinski definition) is 1. The molecule has 0 radical (unpaired) electrons. The van der Waals surface area contributed by atoms with Gasteiger partial charge in [-0.1, -0.05) is 13.3 Å². The van der Waals surface area contributed by atoms with Crippen molar-refractivity contribution < 1.29 is 9.13 Å². The molecule has 1 aromatic carbocycles. The summed E-state index contributed by atoms with van der Waals surface area (Å²) in [5.41, 5.74) is 7.35. The van der Waals surface area contributed by atoms with E-state index in [2.05, 4.69) is 11.8 Å². The van der Waals surface area contributed by atoms with Crippen molar-refractivity contribution in [1.29, 1.82) is 0 Å². The van der Waals surface area contributed by atoms with Gasteiger partial charge in [-0.3, -0.25) is 0 Å². The third kappa shape index (κ3) is 3.11. The molecule has 4 heteroatoms. The van der Waals surface area contributed by atoms with Crippen molar-refractivity contribution in [2.24, 2.45) is 5.92 Å². The average Bonchev–Trinajstić information content (AvgIpc) is 2.82. The molecule has 2 rings (SSSR count). The van der Waals surface area contributed by atoms with Gasteiger partial charge in [-0.05, 0) is 25.7 Å². The minimum absolute atomic E-state index is 0.297. The van der Waals surface area contributed by atoms with Crippen LogP contribution in [0.2, 0.25) is 0 Å². The van der Waals surface area contributed by atoms with Gasteiger partial charge in [-0.25, -0.2) is 4.39 Å². The number of ether oxygens (including phenoxy) is 1. The molecular formula is C15H23FN2O. The smallest absolute Gasteiger partial charge is 0.167 e. The van der Waals surface area contributed by atoms with E-state index in [4.69, 9.17) is 10.5 Å². The van der Waals surface area contributed by atoms with Gasteiger partial charge in [0.25, 0.3) is 0 Å². The number of nitrogen functional groups attached to an aromatic ring is 1. The Morgan fingerprint density at radius 3 is 2.89 bits per heavy atom. The molecule has 1 aromatic rings. The van der Waals surface area contributed by atoms with Crippen LogP contribution in [0.15, 0.2) is 12.1 Å². The summed E-state index contributed by atoms with van der Waals surface area (Å²) in [6.45, 7) is 6.52. The van der Waals surface area contributed by atoms with Crippen LogP contribution in [0.25, 0.3) is 0 Å². The van der Waals surface area contributed by atoms with E-state index >= 15 is 0 Å². The monoisotopic (exact) mass is 266 g/mol. The molecule has 0 saturated carbocycles. The van der Waals surface area contributed by atoms with E-state index in [0.29, 0.717) is 18.0 Å². The Hall–Kier alpha value is -1.45. The van der Waals surface area contributed by atoms with E-state index in [1.807, 2.05) is 6.92 Å². The highest BCUT2D eigenvalue weighted by Crippen LogP contribution is 2.35. The van der Waals surface area contributed by atoms with Gasteiger partial charge in [0.2, 0.25) is 0 Å². The highest BCUT2D eigenvalue weighted by atomic mass is 19.1. The molecule has 3 nitrogen and oxygen atoms in total. The zero-order valence-electron chi connectivity index (χ0n) is 11.8. The molecule has 1 heterocycles. The van der Waals surface area contributed by atoms with Crippen molar-refractivity contribution >= 4 is 11.4 Å². The molecule has 19 heavy (non-hydrogen) atoms. The Balaban J connectivity index is 2.18. The summed E-state index contributed by atoms with van der Waals surface area (Å²) in [7, 11) is 0. The number of halogens is 1. The molecule has 1 aliphatic heterocycles. The second-order valence-corrected chi connectivity index (χ2v) is 5.16. The van der Waals surface area contributed by atoms with Gasteiger partial charge >= 0.3 is 0 Å². The van der Waals surface area contributed by atoms with E-state index in [1.54, 1.807) is 6.07 Å². The largest absolute Gasteiger partial charge is 0.491 e. The predicted octanol–water partition coefficient (Wildman–Crippen LogP) is 3.43. The molecule has 1 aliphatic rings. The molecule has 0 amide bonds. The molecule has 106 valence electrons. The van der Waals surface area contributed by atoms with Gasteiger partial charge in [-0.15, -0.1) is 0 Å². The van der Waals surface area contributed by atoms with Gasteiger partial charge in [-0.2, -0.15) is 0 Å². The standard InChI is InChI=1S/C15H23FN2O/c1-3-5-11-6-7-18(10-11)14-9-15(19-4-2)12(16)8-13(14)17/h8-9,11H,3-7,10,17H2,1-2H3. The van der Waals surface area contributed by atoms with Crippen LogP contribution < -0.4 is 15.4 Å². The average molecular weight is 266 g/mol. The van der Waals surface area contributed by atoms with E-state index in [0.717, 1.165) is 24.7 Å². The lowest BCUT2D eigenvalue weighted by atomic mass is 10.0. The Morgan fingerprint density at radius 1 is 1.42 bits per heavy atom. The zero-order chi connectivity index (χ0) is 13.8. The summed E-state index contributed by atoms with van der Waals surface area (Å²) in [5.74, 6) is 0.642. The molecule has 1 fully saturated rings. The van der Waals surface area contributed by atoms with Crippen LogP contribution in [0.4, 0.5) is 15.8 Å². The van der Waals surface area contributed by atoms with E-state index in [-0.39, 0.29) is 5.82 Å². The van der Waals surface area contributed by atoms with E-state index in [1.165, 1.54) is 25.3 Å². The third-order valence-electron chi connectivity index (χ3n) is 3.70. The molecule has 0 spiro atoms. The highest BCUT2D eigenvalue weighted by Gasteiger charge is 2.24. The molecule has 2 N–H and O–H groups in total. The first-order valence-electron chi connectivity index (χ1n) is 7.12. The fraction of sp³-hybridized carbons (Fsp3) is 0.600. The second kappa shape index (κ2) is 6.13. The fourth-order valence-electron chi connectivity index (χ4n) is 2.79. The van der Waals surface area contributed by atoms with Gasteiger partial charge < -0.3 is 15.4 Å². The fourth-order valence-corrected chi connectivity index (χ4v) is 2.79. The van der Waals surface area contributed by atoms with Crippen molar-refractivity contribution in [3.8, 4) is 5.75 Å². The maximum absolute atomic E-state index is 13.7. The van der Waals surface area contributed by atoms with Gasteiger partial charge in [0.15, 0.2) is 11.6 Å². The Morgan fingerprint density at radius 2 is 2.21 bits per heavy atom. The SMILES string of the molecule is CCCC1CCN(c2cc(OCC)c(F)cc2N)C1. The number of nitrogens with zero attached hydrogens (tertiary/aromatic N) is 1. The van der Waals surface area contributed by atoms with Crippen molar-refractivity contribution in [3.63, 3.8) is 0 Å². The summed E-state index contributed by atoms with van der Waals surface area (Å²) in [6.07, 6.45) is 3.64. The molecule has 1 atom stereocenters. The summed E-state index contributed by atoms with van der Waals surface area (Å²) in [6, 6.07) is 3.11. The molecule has 1 saturated heterocycles. The Labute approximate surface area is 114 Å². The summed E-state index contributed by atoms with van der Waals surface area (Å²) in [4.78, 5) is 2.25. The maximum Gasteiger partial charge on any atom is 0.167 e. The minimum Gasteiger partial charge on any atom is -0.491 e. The molecule has 0 aliphatic carbocycles. The minimum atomic E-state index is -0.382. The van der Waals surface area contributed by atoms with E-state index in [9.17, 15) is 4.39 Å². The van der Waals surface area contributed by atoms with Gasteiger partial charge in [0.1, 0.15) is 0 Å². The Bertz CT molecular complexity index is 436. The number of rotatable bonds is 5. The zero-order valence-corrected chi connectivity index (χ0v) is 11.8. The summed E-state index contributed by atoms with van der Waals surface area (Å²) in [5, 5.41) is 0. The highest BCUT2D eigenvalue weighted by molar-refractivity contribution is 5.70. The van der Waals surface area contributed by atoms with Crippen molar-refractivity contribution in [2.45, 2.75) is 33.1 Å². The van der Waals surface area contributed by atoms with Crippen LogP contribution in [-0.4, -0.2) is 19.7 Å². The first-order valence-corrected chi connectivity index (χ1v) is 7.12.